The van der Waals surface area contributed by atoms with Gasteiger partial charge in [-0.15, -0.1) is 24.0 Å². The highest BCUT2D eigenvalue weighted by Crippen LogP contribution is 2.09. The van der Waals surface area contributed by atoms with Crippen molar-refractivity contribution in [2.24, 2.45) is 4.99 Å². The van der Waals surface area contributed by atoms with E-state index in [1.807, 2.05) is 6.92 Å². The minimum Gasteiger partial charge on any atom is -0.357 e. The molecule has 0 spiro atoms. The summed E-state index contributed by atoms with van der Waals surface area (Å²) in [6, 6.07) is 6.63. The number of nitrogens with zero attached hydrogens (tertiary/aromatic N) is 3. The van der Waals surface area contributed by atoms with Crippen molar-refractivity contribution in [2.75, 3.05) is 13.1 Å². The Morgan fingerprint density at radius 1 is 1.12 bits per heavy atom. The predicted octanol–water partition coefficient (Wildman–Crippen LogP) is 2.91. The number of benzene rings is 1. The van der Waals surface area contributed by atoms with E-state index in [-0.39, 0.29) is 24.0 Å². The minimum absolute atomic E-state index is 0. The number of aliphatic imine (C=N–C) groups is 1. The average molecular weight is 443 g/mol. The summed E-state index contributed by atoms with van der Waals surface area (Å²) < 4.78 is 5.07. The Balaban J connectivity index is 0.00000288. The van der Waals surface area contributed by atoms with Crippen LogP contribution >= 0.6 is 24.0 Å². The lowest BCUT2D eigenvalue weighted by atomic mass is 10.1. The number of nitrogens with one attached hydrogen (secondary N) is 2. The van der Waals surface area contributed by atoms with Crippen molar-refractivity contribution >= 4 is 29.9 Å². The molecule has 7 heteroatoms. The number of hydrogen-bond donors (Lipinski definition) is 2. The van der Waals surface area contributed by atoms with Crippen LogP contribution in [0.5, 0.6) is 0 Å². The third-order valence-electron chi connectivity index (χ3n) is 3.27. The summed E-state index contributed by atoms with van der Waals surface area (Å²) in [6.45, 7) is 10.1. The van der Waals surface area contributed by atoms with E-state index in [1.165, 1.54) is 16.7 Å². The molecule has 0 saturated carbocycles. The van der Waals surface area contributed by atoms with Crippen molar-refractivity contribution in [3.8, 4) is 0 Å². The van der Waals surface area contributed by atoms with Gasteiger partial charge < -0.3 is 15.2 Å². The van der Waals surface area contributed by atoms with Gasteiger partial charge in [-0.1, -0.05) is 34.5 Å². The molecule has 0 bridgehead atoms. The molecule has 0 saturated heterocycles. The number of aryl methyl sites for hydroxylation is 3. The Morgan fingerprint density at radius 3 is 2.42 bits per heavy atom. The summed E-state index contributed by atoms with van der Waals surface area (Å²) in [5.41, 5.74) is 3.93. The van der Waals surface area contributed by atoms with Crippen molar-refractivity contribution < 1.29 is 4.52 Å². The smallest absolute Gasteiger partial charge is 0.248 e. The lowest BCUT2D eigenvalue weighted by molar-refractivity contribution is 0.376. The van der Waals surface area contributed by atoms with E-state index < -0.39 is 0 Å². The van der Waals surface area contributed by atoms with Crippen molar-refractivity contribution in [3.63, 3.8) is 0 Å². The summed E-state index contributed by atoms with van der Waals surface area (Å²) in [4.78, 5) is 8.61. The van der Waals surface area contributed by atoms with Crippen molar-refractivity contribution in [3.05, 3.63) is 46.6 Å². The first-order valence-corrected chi connectivity index (χ1v) is 7.95. The molecule has 0 aliphatic carbocycles. The molecule has 1 aromatic carbocycles. The van der Waals surface area contributed by atoms with Crippen LogP contribution in [0.15, 0.2) is 27.7 Å². The van der Waals surface area contributed by atoms with E-state index in [0.29, 0.717) is 18.3 Å². The molecule has 0 amide bonds. The van der Waals surface area contributed by atoms with Gasteiger partial charge in [0, 0.05) is 13.1 Å². The van der Waals surface area contributed by atoms with E-state index in [4.69, 9.17) is 4.52 Å². The molecule has 0 aliphatic rings. The van der Waals surface area contributed by atoms with E-state index in [1.54, 1.807) is 6.92 Å². The van der Waals surface area contributed by atoms with Crippen LogP contribution < -0.4 is 10.6 Å². The molecule has 24 heavy (non-hydrogen) atoms. The van der Waals surface area contributed by atoms with E-state index in [0.717, 1.165) is 25.5 Å². The maximum Gasteiger partial charge on any atom is 0.248 e. The Morgan fingerprint density at radius 2 is 1.83 bits per heavy atom. The van der Waals surface area contributed by atoms with Crippen molar-refractivity contribution in [1.29, 1.82) is 0 Å². The summed E-state index contributed by atoms with van der Waals surface area (Å²) in [5.74, 6) is 1.91. The van der Waals surface area contributed by atoms with Gasteiger partial charge in [-0.05, 0) is 39.7 Å². The third kappa shape index (κ3) is 6.86. The lowest BCUT2D eigenvalue weighted by Crippen LogP contribution is -2.38. The maximum atomic E-state index is 5.07. The normalized spacial score (nSPS) is 11.1. The Kier molecular flexibility index (Phi) is 8.73. The molecule has 0 radical (unpaired) electrons. The van der Waals surface area contributed by atoms with Crippen LogP contribution in [0.2, 0.25) is 0 Å². The number of rotatable bonds is 6. The fraction of sp³-hybridized carbons (Fsp3) is 0.471. The predicted molar refractivity (Wildman–Crippen MR) is 107 cm³/mol. The van der Waals surface area contributed by atoms with Crippen LogP contribution in [-0.2, 0) is 13.0 Å². The topological polar surface area (TPSA) is 75.3 Å². The quantitative estimate of drug-likeness (QED) is 0.408. The first kappa shape index (κ1) is 20.4. The van der Waals surface area contributed by atoms with E-state index in [2.05, 4.69) is 57.8 Å². The van der Waals surface area contributed by atoms with Gasteiger partial charge in [0.1, 0.15) is 6.54 Å². The second kappa shape index (κ2) is 10.3. The molecule has 1 heterocycles. The highest BCUT2D eigenvalue weighted by molar-refractivity contribution is 14.0. The molecule has 0 aliphatic heterocycles. The van der Waals surface area contributed by atoms with Crippen LogP contribution in [0.4, 0.5) is 0 Å². The monoisotopic (exact) mass is 443 g/mol. The molecule has 0 fully saturated rings. The standard InChI is InChI=1S/C17H25N5O.HI/c1-5-18-17(20-11-16-21-14(4)22-23-16)19-7-6-15-9-12(2)8-13(3)10-15;/h8-10H,5-7,11H2,1-4H3,(H2,18,19,20);1H. The highest BCUT2D eigenvalue weighted by atomic mass is 127. The highest BCUT2D eigenvalue weighted by Gasteiger charge is 2.03. The van der Waals surface area contributed by atoms with Crippen LogP contribution in [-0.4, -0.2) is 29.2 Å². The minimum atomic E-state index is 0. The van der Waals surface area contributed by atoms with Gasteiger partial charge in [0.25, 0.3) is 0 Å². The fourth-order valence-corrected chi connectivity index (χ4v) is 2.43. The average Bonchev–Trinajstić information content (AvgIpc) is 2.89. The summed E-state index contributed by atoms with van der Waals surface area (Å²) in [7, 11) is 0. The fourth-order valence-electron chi connectivity index (χ4n) is 2.43. The van der Waals surface area contributed by atoms with E-state index >= 15 is 0 Å². The molecule has 2 rings (SSSR count). The number of hydrogen-bond acceptors (Lipinski definition) is 4. The largest absolute Gasteiger partial charge is 0.357 e. The van der Waals surface area contributed by atoms with Gasteiger partial charge in [-0.3, -0.25) is 0 Å². The van der Waals surface area contributed by atoms with Crippen LogP contribution in [0.3, 0.4) is 0 Å². The second-order valence-electron chi connectivity index (χ2n) is 5.60. The van der Waals surface area contributed by atoms with Gasteiger partial charge in [-0.2, -0.15) is 4.98 Å². The molecule has 2 aromatic rings. The Labute approximate surface area is 160 Å². The SMILES string of the molecule is CCNC(=NCc1nc(C)no1)NCCc1cc(C)cc(C)c1.I. The number of halogens is 1. The van der Waals surface area contributed by atoms with Gasteiger partial charge in [0.15, 0.2) is 11.8 Å². The molecule has 6 nitrogen and oxygen atoms in total. The van der Waals surface area contributed by atoms with Crippen LogP contribution in [0.1, 0.15) is 35.3 Å². The lowest BCUT2D eigenvalue weighted by Gasteiger charge is -2.11. The van der Waals surface area contributed by atoms with E-state index in [9.17, 15) is 0 Å². The summed E-state index contributed by atoms with van der Waals surface area (Å²) >= 11 is 0. The van der Waals surface area contributed by atoms with Crippen LogP contribution in [0.25, 0.3) is 0 Å². The number of guanidine groups is 1. The Bertz CT molecular complexity index is 649. The maximum absolute atomic E-state index is 5.07. The zero-order chi connectivity index (χ0) is 16.7. The molecule has 2 N–H and O–H groups in total. The second-order valence-corrected chi connectivity index (χ2v) is 5.60. The molecule has 0 unspecified atom stereocenters. The summed E-state index contributed by atoms with van der Waals surface area (Å²) in [5, 5.41) is 10.3. The third-order valence-corrected chi connectivity index (χ3v) is 3.27. The van der Waals surface area contributed by atoms with Crippen molar-refractivity contribution in [1.82, 2.24) is 20.8 Å². The first-order valence-electron chi connectivity index (χ1n) is 7.95. The zero-order valence-corrected chi connectivity index (χ0v) is 17.0. The molecule has 0 atom stereocenters. The first-order chi connectivity index (χ1) is 11.1. The zero-order valence-electron chi connectivity index (χ0n) is 14.7. The van der Waals surface area contributed by atoms with Crippen LogP contribution in [0, 0.1) is 20.8 Å². The molecule has 132 valence electrons. The molecule has 1 aromatic heterocycles. The van der Waals surface area contributed by atoms with Crippen molar-refractivity contribution in [2.45, 2.75) is 40.7 Å². The Hall–Kier alpha value is -1.64. The number of aromatic nitrogens is 2. The molecular weight excluding hydrogens is 417 g/mol. The van der Waals surface area contributed by atoms with Gasteiger partial charge >= 0.3 is 0 Å². The van der Waals surface area contributed by atoms with Gasteiger partial charge in [0.2, 0.25) is 5.89 Å². The summed E-state index contributed by atoms with van der Waals surface area (Å²) in [6.07, 6.45) is 0.951. The van der Waals surface area contributed by atoms with Gasteiger partial charge in [-0.25, -0.2) is 4.99 Å². The van der Waals surface area contributed by atoms with Gasteiger partial charge in [0.05, 0.1) is 0 Å². The molecular formula is C17H26IN5O.